The van der Waals surface area contributed by atoms with Crippen LogP contribution in [0.25, 0.3) is 0 Å². The normalized spacial score (nSPS) is 11.6. The largest absolute Gasteiger partial charge is 0.491 e. The second kappa shape index (κ2) is 10.0. The molecule has 0 aliphatic rings. The number of nitrogens with two attached hydrogens (primary N) is 1. The minimum atomic E-state index is -0.498. The lowest BCUT2D eigenvalue weighted by atomic mass is 10.1. The molecule has 0 unspecified atom stereocenters. The fourth-order valence-electron chi connectivity index (χ4n) is 2.08. The van der Waals surface area contributed by atoms with Crippen LogP contribution in [0.15, 0.2) is 23.4 Å². The highest BCUT2D eigenvalue weighted by Crippen LogP contribution is 2.19. The van der Waals surface area contributed by atoms with Gasteiger partial charge in [-0.15, -0.1) is 0 Å². The lowest BCUT2D eigenvalue weighted by molar-refractivity contribution is 0.290. The van der Waals surface area contributed by atoms with E-state index in [0.29, 0.717) is 12.2 Å². The first kappa shape index (κ1) is 17.3. The average Bonchev–Trinajstić information content (AvgIpc) is 2.50. The van der Waals surface area contributed by atoms with Crippen molar-refractivity contribution in [3.63, 3.8) is 0 Å². The van der Waals surface area contributed by atoms with Crippen molar-refractivity contribution >= 4 is 5.84 Å². The monoisotopic (exact) mass is 296 g/mol. The molecule has 1 aromatic rings. The van der Waals surface area contributed by atoms with Gasteiger partial charge < -0.3 is 15.7 Å². The summed E-state index contributed by atoms with van der Waals surface area (Å²) in [4.78, 5) is 0. The minimum Gasteiger partial charge on any atom is -0.491 e. The molecule has 3 N–H and O–H groups in total. The molecule has 0 spiro atoms. The quantitative estimate of drug-likeness (QED) is 0.225. The van der Waals surface area contributed by atoms with E-state index in [-0.39, 0.29) is 11.6 Å². The van der Waals surface area contributed by atoms with Crippen LogP contribution in [0.5, 0.6) is 5.75 Å². The fourth-order valence-corrected chi connectivity index (χ4v) is 2.08. The van der Waals surface area contributed by atoms with Crippen LogP contribution in [0.4, 0.5) is 4.39 Å². The van der Waals surface area contributed by atoms with E-state index in [1.807, 2.05) is 0 Å². The van der Waals surface area contributed by atoms with Crippen LogP contribution in [0.1, 0.15) is 57.4 Å². The second-order valence-electron chi connectivity index (χ2n) is 5.10. The lowest BCUT2D eigenvalue weighted by Gasteiger charge is -2.08. The standard InChI is InChI=1S/C16H25FN2O2/c1-2-3-4-5-6-7-8-11-21-15-10-9-13(12-14(15)17)16(18)19-20/h9-10,12,20H,2-8,11H2,1H3,(H2,18,19). The summed E-state index contributed by atoms with van der Waals surface area (Å²) in [7, 11) is 0. The molecule has 118 valence electrons. The zero-order chi connectivity index (χ0) is 15.5. The number of oxime groups is 1. The first-order valence-electron chi connectivity index (χ1n) is 7.59. The first-order valence-corrected chi connectivity index (χ1v) is 7.59. The maximum atomic E-state index is 13.7. The molecule has 4 nitrogen and oxygen atoms in total. The zero-order valence-electron chi connectivity index (χ0n) is 12.6. The van der Waals surface area contributed by atoms with Crippen molar-refractivity contribution in [3.8, 4) is 5.75 Å². The Morgan fingerprint density at radius 2 is 1.86 bits per heavy atom. The molecule has 5 heteroatoms. The SMILES string of the molecule is CCCCCCCCCOc1ccc(/C(N)=N/O)cc1F. The Bertz CT molecular complexity index is 450. The van der Waals surface area contributed by atoms with Crippen LogP contribution >= 0.6 is 0 Å². The molecule has 0 atom stereocenters. The van der Waals surface area contributed by atoms with Gasteiger partial charge in [0.2, 0.25) is 0 Å². The van der Waals surface area contributed by atoms with E-state index >= 15 is 0 Å². The van der Waals surface area contributed by atoms with E-state index in [1.54, 1.807) is 6.07 Å². The Kier molecular flexibility index (Phi) is 8.24. The molecule has 21 heavy (non-hydrogen) atoms. The fraction of sp³-hybridized carbons (Fsp3) is 0.562. The van der Waals surface area contributed by atoms with Gasteiger partial charge in [-0.25, -0.2) is 4.39 Å². The highest BCUT2D eigenvalue weighted by atomic mass is 19.1. The van der Waals surface area contributed by atoms with Crippen LogP contribution in [0.2, 0.25) is 0 Å². The van der Waals surface area contributed by atoms with Crippen LogP contribution in [-0.4, -0.2) is 17.6 Å². The molecule has 0 heterocycles. The third-order valence-corrected chi connectivity index (χ3v) is 3.34. The maximum absolute atomic E-state index is 13.7. The van der Waals surface area contributed by atoms with Gasteiger partial charge in [0.1, 0.15) is 0 Å². The van der Waals surface area contributed by atoms with Gasteiger partial charge in [-0.1, -0.05) is 50.6 Å². The van der Waals surface area contributed by atoms with Crippen LogP contribution in [0.3, 0.4) is 0 Å². The summed E-state index contributed by atoms with van der Waals surface area (Å²) in [6.45, 7) is 2.71. The third kappa shape index (κ3) is 6.47. The smallest absolute Gasteiger partial charge is 0.170 e. The van der Waals surface area contributed by atoms with Crippen LogP contribution in [0, 0.1) is 5.82 Å². The molecule has 0 aliphatic heterocycles. The van der Waals surface area contributed by atoms with Gasteiger partial charge >= 0.3 is 0 Å². The summed E-state index contributed by atoms with van der Waals surface area (Å²) in [5, 5.41) is 11.4. The molecule has 0 aliphatic carbocycles. The van der Waals surface area contributed by atoms with Crippen molar-refractivity contribution in [2.24, 2.45) is 10.9 Å². The van der Waals surface area contributed by atoms with E-state index in [9.17, 15) is 4.39 Å². The van der Waals surface area contributed by atoms with Gasteiger partial charge in [0.05, 0.1) is 6.61 Å². The molecule has 1 rings (SSSR count). The number of benzene rings is 1. The Morgan fingerprint density at radius 3 is 2.48 bits per heavy atom. The summed E-state index contributed by atoms with van der Waals surface area (Å²) in [6.07, 6.45) is 8.34. The van der Waals surface area contributed by atoms with Crippen molar-refractivity contribution in [1.29, 1.82) is 0 Å². The summed E-state index contributed by atoms with van der Waals surface area (Å²) in [5.74, 6) is -0.412. The highest BCUT2D eigenvalue weighted by molar-refractivity contribution is 5.97. The van der Waals surface area contributed by atoms with Crippen molar-refractivity contribution in [3.05, 3.63) is 29.6 Å². The van der Waals surface area contributed by atoms with Crippen LogP contribution < -0.4 is 10.5 Å². The van der Waals surface area contributed by atoms with Crippen molar-refractivity contribution in [2.45, 2.75) is 51.9 Å². The number of hydrogen-bond acceptors (Lipinski definition) is 3. The molecule has 1 aromatic carbocycles. The number of hydrogen-bond donors (Lipinski definition) is 2. The van der Waals surface area contributed by atoms with E-state index in [0.717, 1.165) is 12.8 Å². The number of unbranched alkanes of at least 4 members (excludes halogenated alkanes) is 6. The molecule has 0 saturated carbocycles. The summed E-state index contributed by atoms with van der Waals surface area (Å²) in [6, 6.07) is 4.28. The summed E-state index contributed by atoms with van der Waals surface area (Å²) < 4.78 is 19.2. The third-order valence-electron chi connectivity index (χ3n) is 3.34. The van der Waals surface area contributed by atoms with Crippen molar-refractivity contribution in [1.82, 2.24) is 0 Å². The van der Waals surface area contributed by atoms with Gasteiger partial charge in [0.15, 0.2) is 17.4 Å². The summed E-state index contributed by atoms with van der Waals surface area (Å²) >= 11 is 0. The van der Waals surface area contributed by atoms with E-state index in [4.69, 9.17) is 15.7 Å². The predicted octanol–water partition coefficient (Wildman–Crippen LogP) is 4.05. The van der Waals surface area contributed by atoms with Gasteiger partial charge in [0.25, 0.3) is 0 Å². The average molecular weight is 296 g/mol. The topological polar surface area (TPSA) is 67.8 Å². The Morgan fingerprint density at radius 1 is 1.19 bits per heavy atom. The molecular formula is C16H25FN2O2. The Balaban J connectivity index is 2.26. The number of ether oxygens (including phenoxy) is 1. The molecule has 0 bridgehead atoms. The molecule has 0 radical (unpaired) electrons. The predicted molar refractivity (Wildman–Crippen MR) is 82.4 cm³/mol. The Hall–Kier alpha value is -1.78. The molecule has 0 saturated heterocycles. The molecule has 0 fully saturated rings. The lowest BCUT2D eigenvalue weighted by Crippen LogP contribution is -2.13. The Labute approximate surface area is 125 Å². The van der Waals surface area contributed by atoms with Gasteiger partial charge in [0, 0.05) is 5.56 Å². The number of halogens is 1. The number of nitrogens with zero attached hydrogens (tertiary/aromatic N) is 1. The van der Waals surface area contributed by atoms with E-state index < -0.39 is 5.82 Å². The number of rotatable bonds is 10. The van der Waals surface area contributed by atoms with Gasteiger partial charge in [-0.3, -0.25) is 0 Å². The van der Waals surface area contributed by atoms with Gasteiger partial charge in [-0.05, 0) is 24.6 Å². The van der Waals surface area contributed by atoms with E-state index in [1.165, 1.54) is 44.2 Å². The van der Waals surface area contributed by atoms with Crippen LogP contribution in [-0.2, 0) is 0 Å². The van der Waals surface area contributed by atoms with Crippen molar-refractivity contribution < 1.29 is 14.3 Å². The molecular weight excluding hydrogens is 271 g/mol. The second-order valence-corrected chi connectivity index (χ2v) is 5.10. The van der Waals surface area contributed by atoms with E-state index in [2.05, 4.69) is 12.1 Å². The molecule has 0 amide bonds. The summed E-state index contributed by atoms with van der Waals surface area (Å²) in [5.41, 5.74) is 5.73. The first-order chi connectivity index (χ1) is 10.2. The highest BCUT2D eigenvalue weighted by Gasteiger charge is 2.07. The maximum Gasteiger partial charge on any atom is 0.170 e. The number of amidine groups is 1. The zero-order valence-corrected chi connectivity index (χ0v) is 12.6. The minimum absolute atomic E-state index is 0.118. The van der Waals surface area contributed by atoms with Crippen molar-refractivity contribution in [2.75, 3.05) is 6.61 Å². The van der Waals surface area contributed by atoms with Gasteiger partial charge in [-0.2, -0.15) is 0 Å². The molecule has 0 aromatic heterocycles.